The first-order valence-corrected chi connectivity index (χ1v) is 10.2. The monoisotopic (exact) mass is 469 g/mol. The van der Waals surface area contributed by atoms with E-state index in [1.54, 1.807) is 6.08 Å². The molecule has 2 aliphatic rings. The quantitative estimate of drug-likeness (QED) is 0.573. The second-order valence-corrected chi connectivity index (χ2v) is 8.25. The molecule has 0 radical (unpaired) electrons. The molecule has 1 atom stereocenters. The van der Waals surface area contributed by atoms with Crippen LogP contribution in [0.4, 0.5) is 19.1 Å². The second kappa shape index (κ2) is 8.15. The molecule has 0 saturated carbocycles. The van der Waals surface area contributed by atoms with Gasteiger partial charge in [-0.25, -0.2) is 9.97 Å². The average Bonchev–Trinajstić information content (AvgIpc) is 3.32. The number of carbonyl (C=O) groups excluding carboxylic acids is 1. The molecular weight excluding hydrogens is 451 g/mol. The van der Waals surface area contributed by atoms with E-state index in [-0.39, 0.29) is 29.0 Å². The molecule has 4 rings (SSSR count). The van der Waals surface area contributed by atoms with E-state index < -0.39 is 31.0 Å². The number of alkyl halides is 3. The van der Waals surface area contributed by atoms with Crippen LogP contribution in [-0.4, -0.2) is 58.5 Å². The Bertz CT molecular complexity index is 1170. The number of nitrogens with zero attached hydrogens (tertiary/aromatic N) is 3. The number of amides is 1. The highest BCUT2D eigenvalue weighted by Crippen LogP contribution is 2.38. The van der Waals surface area contributed by atoms with Gasteiger partial charge in [-0.2, -0.15) is 13.2 Å². The molecule has 13 heteroatoms. The van der Waals surface area contributed by atoms with E-state index in [4.69, 9.17) is 15.2 Å². The van der Waals surface area contributed by atoms with E-state index in [0.717, 1.165) is 11.3 Å². The highest BCUT2D eigenvalue weighted by Gasteiger charge is 2.39. The van der Waals surface area contributed by atoms with Gasteiger partial charge in [-0.1, -0.05) is 6.08 Å². The van der Waals surface area contributed by atoms with Crippen molar-refractivity contribution in [2.45, 2.75) is 25.1 Å². The van der Waals surface area contributed by atoms with Gasteiger partial charge in [-0.05, 0) is 19.1 Å². The number of aliphatic hydroxyl groups excluding tert-OH is 1. The number of rotatable bonds is 5. The van der Waals surface area contributed by atoms with E-state index in [1.165, 1.54) is 6.07 Å². The van der Waals surface area contributed by atoms with Crippen LogP contribution >= 0.6 is 11.3 Å². The van der Waals surface area contributed by atoms with E-state index in [9.17, 15) is 23.1 Å². The molecule has 9 nitrogen and oxygen atoms in total. The Kier molecular flexibility index (Phi) is 5.65. The number of aliphatic hydroxyl groups is 1. The Morgan fingerprint density at radius 1 is 1.44 bits per heavy atom. The molecule has 0 spiro atoms. The van der Waals surface area contributed by atoms with Crippen LogP contribution in [0.3, 0.4) is 0 Å². The van der Waals surface area contributed by atoms with Gasteiger partial charge < -0.3 is 25.6 Å². The van der Waals surface area contributed by atoms with Crippen LogP contribution in [0.1, 0.15) is 28.7 Å². The minimum atomic E-state index is -4.54. The Morgan fingerprint density at radius 2 is 2.22 bits per heavy atom. The van der Waals surface area contributed by atoms with Gasteiger partial charge in [0.25, 0.3) is 5.91 Å². The van der Waals surface area contributed by atoms with Gasteiger partial charge in [0.2, 0.25) is 5.95 Å². The molecular formula is C19H18F3N5O4S. The lowest BCUT2D eigenvalue weighted by Gasteiger charge is -2.25. The fourth-order valence-electron chi connectivity index (χ4n) is 3.34. The third kappa shape index (κ3) is 4.31. The minimum absolute atomic E-state index is 0.00447. The standard InChI is InChI=1S/C19H18F3N5O4S/c1-18-3-2-9(4-12(18)30-8-31-18)13(25-7-28)14-10-5-11(15(29)24-6-19(20,21)22)32-16(10)27-17(23)26-14/h2,4-5,28H,3,6-8H2,1H3,(H,24,29)(H2,23,26,27). The third-order valence-electron chi connectivity index (χ3n) is 4.92. The maximum atomic E-state index is 12.4. The molecule has 1 amide bonds. The first-order chi connectivity index (χ1) is 15.1. The lowest BCUT2D eigenvalue weighted by atomic mass is 9.89. The number of thiophene rings is 1. The number of ether oxygens (including phenoxy) is 2. The molecule has 3 heterocycles. The first-order valence-electron chi connectivity index (χ1n) is 9.37. The van der Waals surface area contributed by atoms with Crippen LogP contribution in [0.15, 0.2) is 34.5 Å². The van der Waals surface area contributed by atoms with Crippen molar-refractivity contribution in [1.29, 1.82) is 0 Å². The fraction of sp³-hybridized carbons (Fsp3) is 0.368. The van der Waals surface area contributed by atoms with Gasteiger partial charge in [0, 0.05) is 17.4 Å². The van der Waals surface area contributed by atoms with Crippen LogP contribution < -0.4 is 11.1 Å². The van der Waals surface area contributed by atoms with E-state index in [0.29, 0.717) is 28.0 Å². The van der Waals surface area contributed by atoms with Crippen LogP contribution in [-0.2, 0) is 9.47 Å². The summed E-state index contributed by atoms with van der Waals surface area (Å²) in [4.78, 5) is 25.0. The number of hydrogen-bond donors (Lipinski definition) is 3. The van der Waals surface area contributed by atoms with Crippen molar-refractivity contribution in [2.75, 3.05) is 25.8 Å². The molecule has 1 saturated heterocycles. The topological polar surface area (TPSA) is 132 Å². The third-order valence-corrected chi connectivity index (χ3v) is 5.95. The fourth-order valence-corrected chi connectivity index (χ4v) is 4.30. The summed E-state index contributed by atoms with van der Waals surface area (Å²) >= 11 is 0.874. The van der Waals surface area contributed by atoms with Gasteiger partial charge in [0.1, 0.15) is 35.2 Å². The molecule has 170 valence electrons. The molecule has 0 aromatic carbocycles. The van der Waals surface area contributed by atoms with E-state index >= 15 is 0 Å². The van der Waals surface area contributed by atoms with Crippen molar-refractivity contribution in [3.8, 4) is 0 Å². The Labute approximate surface area is 183 Å². The number of allylic oxidation sites excluding steroid dienone is 2. The number of fused-ring (bicyclic) bond motifs is 2. The number of nitrogens with two attached hydrogens (primary N) is 1. The van der Waals surface area contributed by atoms with Gasteiger partial charge >= 0.3 is 6.18 Å². The predicted molar refractivity (Wildman–Crippen MR) is 110 cm³/mol. The maximum Gasteiger partial charge on any atom is 0.405 e. The Hall–Kier alpha value is -3.03. The number of nitrogens with one attached hydrogen (secondary N) is 1. The lowest BCUT2D eigenvalue weighted by Crippen LogP contribution is -2.33. The molecule has 1 aliphatic carbocycles. The number of carbonyl (C=O) groups is 1. The SMILES string of the molecule is CC12CC=C(C(=NCO)c3nc(N)nc4sc(C(=O)NCC(F)(F)F)cc34)C=C1OCO2. The van der Waals surface area contributed by atoms with Crippen LogP contribution in [0, 0.1) is 0 Å². The zero-order valence-electron chi connectivity index (χ0n) is 16.7. The van der Waals surface area contributed by atoms with Crippen molar-refractivity contribution < 1.29 is 32.5 Å². The molecule has 4 N–H and O–H groups in total. The predicted octanol–water partition coefficient (Wildman–Crippen LogP) is 2.28. The average molecular weight is 469 g/mol. The summed E-state index contributed by atoms with van der Waals surface area (Å²) < 4.78 is 48.5. The molecule has 1 fully saturated rings. The second-order valence-electron chi connectivity index (χ2n) is 7.22. The van der Waals surface area contributed by atoms with Crippen molar-refractivity contribution in [3.63, 3.8) is 0 Å². The lowest BCUT2D eigenvalue weighted by molar-refractivity contribution is -0.123. The minimum Gasteiger partial charge on any atom is -0.469 e. The highest BCUT2D eigenvalue weighted by atomic mass is 32.1. The zero-order valence-corrected chi connectivity index (χ0v) is 17.5. The number of aliphatic imine (C=N–C) groups is 1. The van der Waals surface area contributed by atoms with Crippen molar-refractivity contribution in [2.24, 2.45) is 4.99 Å². The van der Waals surface area contributed by atoms with Crippen molar-refractivity contribution >= 4 is 39.1 Å². The summed E-state index contributed by atoms with van der Waals surface area (Å²) in [6.45, 7) is -0.0205. The summed E-state index contributed by atoms with van der Waals surface area (Å²) in [5.41, 5.74) is 6.33. The zero-order chi connectivity index (χ0) is 23.1. The van der Waals surface area contributed by atoms with Crippen molar-refractivity contribution in [1.82, 2.24) is 15.3 Å². The first kappa shape index (κ1) is 22.2. The number of nitrogen functional groups attached to an aromatic ring is 1. The van der Waals surface area contributed by atoms with Crippen LogP contribution in [0.25, 0.3) is 10.2 Å². The normalized spacial score (nSPS) is 21.1. The molecule has 0 bridgehead atoms. The summed E-state index contributed by atoms with van der Waals surface area (Å²) in [5.74, 6) is -0.421. The van der Waals surface area contributed by atoms with Crippen molar-refractivity contribution in [3.05, 3.63) is 40.1 Å². The molecule has 32 heavy (non-hydrogen) atoms. The molecule has 2 aromatic rings. The highest BCUT2D eigenvalue weighted by molar-refractivity contribution is 7.20. The van der Waals surface area contributed by atoms with Crippen LogP contribution in [0.5, 0.6) is 0 Å². The smallest absolute Gasteiger partial charge is 0.405 e. The summed E-state index contributed by atoms with van der Waals surface area (Å²) in [6, 6.07) is 1.38. The number of aromatic nitrogens is 2. The number of anilines is 1. The maximum absolute atomic E-state index is 12.4. The number of halogens is 3. The van der Waals surface area contributed by atoms with E-state index in [2.05, 4.69) is 15.0 Å². The Morgan fingerprint density at radius 3 is 2.94 bits per heavy atom. The molecule has 1 aliphatic heterocycles. The summed E-state index contributed by atoms with van der Waals surface area (Å²) in [6.07, 6.45) is -0.486. The summed E-state index contributed by atoms with van der Waals surface area (Å²) in [5, 5.41) is 11.7. The summed E-state index contributed by atoms with van der Waals surface area (Å²) in [7, 11) is 0. The van der Waals surface area contributed by atoms with Gasteiger partial charge in [-0.15, -0.1) is 11.3 Å². The molecule has 2 aromatic heterocycles. The Balaban J connectivity index is 1.74. The van der Waals surface area contributed by atoms with E-state index in [1.807, 2.05) is 18.3 Å². The van der Waals surface area contributed by atoms with Crippen LogP contribution in [0.2, 0.25) is 0 Å². The van der Waals surface area contributed by atoms with Gasteiger partial charge in [0.15, 0.2) is 6.79 Å². The molecule has 1 unspecified atom stereocenters. The van der Waals surface area contributed by atoms with Gasteiger partial charge in [0.05, 0.1) is 10.6 Å². The largest absolute Gasteiger partial charge is 0.469 e. The number of hydrogen-bond acceptors (Lipinski definition) is 9. The van der Waals surface area contributed by atoms with Gasteiger partial charge in [-0.3, -0.25) is 9.79 Å².